The first-order valence-corrected chi connectivity index (χ1v) is 7.72. The Balaban J connectivity index is 1.71. The van der Waals surface area contributed by atoms with E-state index in [0.717, 1.165) is 22.2 Å². The zero-order valence-corrected chi connectivity index (χ0v) is 13.1. The quantitative estimate of drug-likeness (QED) is 0.876. The van der Waals surface area contributed by atoms with E-state index in [4.69, 9.17) is 0 Å². The molecule has 0 saturated carbocycles. The third-order valence-electron chi connectivity index (χ3n) is 2.84. The lowest BCUT2D eigenvalue weighted by molar-refractivity contribution is -0.130. The minimum Gasteiger partial charge on any atom is -0.341 e. The van der Waals surface area contributed by atoms with E-state index in [1.54, 1.807) is 22.4 Å². The van der Waals surface area contributed by atoms with Crippen LogP contribution in [0.25, 0.3) is 0 Å². The molecule has 0 radical (unpaired) electrons. The molecule has 0 aliphatic rings. The monoisotopic (exact) mass is 341 g/mol. The number of aromatic nitrogens is 2. The summed E-state index contributed by atoms with van der Waals surface area (Å²) in [6, 6.07) is 4.15. The van der Waals surface area contributed by atoms with Gasteiger partial charge in [0.25, 0.3) is 0 Å². The Kier molecular flexibility index (Phi) is 5.15. The van der Waals surface area contributed by atoms with Crippen molar-refractivity contribution in [2.45, 2.75) is 25.8 Å². The van der Waals surface area contributed by atoms with Crippen molar-refractivity contribution in [3.63, 3.8) is 0 Å². The largest absolute Gasteiger partial charge is 0.341 e. The van der Waals surface area contributed by atoms with Crippen LogP contribution in [0.2, 0.25) is 0 Å². The summed E-state index contributed by atoms with van der Waals surface area (Å²) in [5, 5.41) is 6.62. The molecule has 19 heavy (non-hydrogen) atoms. The van der Waals surface area contributed by atoms with Crippen molar-refractivity contribution in [2.24, 2.45) is 0 Å². The lowest BCUT2D eigenvalue weighted by Gasteiger charge is -2.15. The van der Waals surface area contributed by atoms with Crippen molar-refractivity contribution in [1.82, 2.24) is 15.1 Å². The maximum atomic E-state index is 12.0. The Morgan fingerprint density at radius 3 is 3.00 bits per heavy atom. The number of nitrogens with one attached hydrogen (secondary N) is 1. The van der Waals surface area contributed by atoms with Gasteiger partial charge in [0.1, 0.15) is 0 Å². The highest BCUT2D eigenvalue weighted by Crippen LogP contribution is 2.23. The average molecular weight is 342 g/mol. The molecule has 0 unspecified atom stereocenters. The molecule has 0 bridgehead atoms. The first kappa shape index (κ1) is 14.3. The normalized spacial score (nSPS) is 10.6. The maximum Gasteiger partial charge on any atom is 0.222 e. The average Bonchev–Trinajstić information content (AvgIpc) is 3.01. The van der Waals surface area contributed by atoms with Crippen molar-refractivity contribution in [3.05, 3.63) is 38.8 Å². The smallest absolute Gasteiger partial charge is 0.222 e. The molecule has 0 aliphatic carbocycles. The summed E-state index contributed by atoms with van der Waals surface area (Å²) in [6.45, 7) is 0.611. The predicted molar refractivity (Wildman–Crippen MR) is 80.0 cm³/mol. The van der Waals surface area contributed by atoms with Gasteiger partial charge in [-0.2, -0.15) is 5.10 Å². The predicted octanol–water partition coefficient (Wildman–Crippen LogP) is 3.22. The van der Waals surface area contributed by atoms with E-state index in [2.05, 4.69) is 32.2 Å². The number of hydrogen-bond acceptors (Lipinski definition) is 3. The number of halogens is 1. The van der Waals surface area contributed by atoms with Gasteiger partial charge in [0.2, 0.25) is 5.91 Å². The Labute approximate surface area is 125 Å². The van der Waals surface area contributed by atoms with Gasteiger partial charge in [0, 0.05) is 36.7 Å². The Hall–Kier alpha value is -1.14. The topological polar surface area (TPSA) is 49.0 Å². The minimum absolute atomic E-state index is 0.178. The van der Waals surface area contributed by atoms with Gasteiger partial charge in [-0.25, -0.2) is 0 Å². The summed E-state index contributed by atoms with van der Waals surface area (Å²) >= 11 is 5.17. The molecular formula is C13H16BrN3OS. The fourth-order valence-corrected chi connectivity index (χ4v) is 3.34. The molecule has 2 heterocycles. The van der Waals surface area contributed by atoms with Gasteiger partial charge >= 0.3 is 0 Å². The number of H-pyrrole nitrogens is 1. The summed E-state index contributed by atoms with van der Waals surface area (Å²) in [4.78, 5) is 15.0. The number of carbonyl (C=O) groups is 1. The van der Waals surface area contributed by atoms with E-state index >= 15 is 0 Å². The molecule has 4 nitrogen and oxygen atoms in total. The van der Waals surface area contributed by atoms with Crippen LogP contribution in [0.1, 0.15) is 23.3 Å². The number of carbonyl (C=O) groups excluding carboxylic acids is 1. The lowest BCUT2D eigenvalue weighted by Crippen LogP contribution is -2.25. The number of aryl methyl sites for hydroxylation is 1. The summed E-state index contributed by atoms with van der Waals surface area (Å²) in [6.07, 6.45) is 5.99. The highest BCUT2D eigenvalue weighted by molar-refractivity contribution is 9.11. The molecule has 2 aromatic rings. The van der Waals surface area contributed by atoms with Gasteiger partial charge in [-0.3, -0.25) is 9.89 Å². The van der Waals surface area contributed by atoms with Crippen LogP contribution in [0.5, 0.6) is 0 Å². The molecular weight excluding hydrogens is 326 g/mol. The van der Waals surface area contributed by atoms with E-state index in [0.29, 0.717) is 13.0 Å². The van der Waals surface area contributed by atoms with Crippen molar-refractivity contribution < 1.29 is 4.79 Å². The maximum absolute atomic E-state index is 12.0. The number of aromatic amines is 1. The highest BCUT2D eigenvalue weighted by atomic mass is 79.9. The number of nitrogens with zero attached hydrogens (tertiary/aromatic N) is 2. The van der Waals surface area contributed by atoms with E-state index < -0.39 is 0 Å². The second-order valence-corrected chi connectivity index (χ2v) is 6.96. The molecule has 0 fully saturated rings. The molecule has 0 saturated heterocycles. The Bertz CT molecular complexity index is 524. The van der Waals surface area contributed by atoms with E-state index in [-0.39, 0.29) is 5.91 Å². The fraction of sp³-hybridized carbons (Fsp3) is 0.385. The van der Waals surface area contributed by atoms with Gasteiger partial charge in [-0.15, -0.1) is 11.3 Å². The molecule has 0 atom stereocenters. The van der Waals surface area contributed by atoms with Crippen molar-refractivity contribution in [3.8, 4) is 0 Å². The minimum atomic E-state index is 0.178. The van der Waals surface area contributed by atoms with Crippen molar-refractivity contribution >= 4 is 33.2 Å². The second kappa shape index (κ2) is 6.86. The lowest BCUT2D eigenvalue weighted by atomic mass is 10.2. The highest BCUT2D eigenvalue weighted by Gasteiger charge is 2.09. The number of amides is 1. The van der Waals surface area contributed by atoms with Gasteiger partial charge < -0.3 is 4.90 Å². The van der Waals surface area contributed by atoms with Gasteiger partial charge in [-0.05, 0) is 40.9 Å². The number of rotatable bonds is 6. The first-order valence-electron chi connectivity index (χ1n) is 6.11. The molecule has 0 spiro atoms. The molecule has 1 N–H and O–H groups in total. The molecule has 102 valence electrons. The molecule has 0 aliphatic heterocycles. The standard InChI is InChI=1S/C13H16BrN3OS/c1-17(9-10-7-15-16-8-10)13(18)4-2-3-11-5-6-12(14)19-11/h5-8H,2-4,9H2,1H3,(H,15,16). The van der Waals surface area contributed by atoms with Crippen LogP contribution in [0.4, 0.5) is 0 Å². The summed E-state index contributed by atoms with van der Waals surface area (Å²) in [5.41, 5.74) is 1.03. The van der Waals surface area contributed by atoms with E-state index in [1.165, 1.54) is 4.88 Å². The summed E-state index contributed by atoms with van der Waals surface area (Å²) in [5.74, 6) is 0.178. The van der Waals surface area contributed by atoms with Crippen LogP contribution in [0, 0.1) is 0 Å². The van der Waals surface area contributed by atoms with E-state index in [1.807, 2.05) is 19.3 Å². The molecule has 2 aromatic heterocycles. The number of hydrogen-bond donors (Lipinski definition) is 1. The van der Waals surface area contributed by atoms with Crippen LogP contribution in [-0.2, 0) is 17.8 Å². The van der Waals surface area contributed by atoms with Gasteiger partial charge in [0.15, 0.2) is 0 Å². The molecule has 6 heteroatoms. The first-order chi connectivity index (χ1) is 9.15. The van der Waals surface area contributed by atoms with E-state index in [9.17, 15) is 4.79 Å². The van der Waals surface area contributed by atoms with Crippen molar-refractivity contribution in [2.75, 3.05) is 7.05 Å². The van der Waals surface area contributed by atoms with Crippen LogP contribution < -0.4 is 0 Å². The van der Waals surface area contributed by atoms with Gasteiger partial charge in [-0.1, -0.05) is 0 Å². The van der Waals surface area contributed by atoms with Gasteiger partial charge in [0.05, 0.1) is 9.98 Å². The summed E-state index contributed by atoms with van der Waals surface area (Å²) < 4.78 is 1.14. The zero-order valence-electron chi connectivity index (χ0n) is 10.7. The summed E-state index contributed by atoms with van der Waals surface area (Å²) in [7, 11) is 1.83. The third kappa shape index (κ3) is 4.47. The van der Waals surface area contributed by atoms with Crippen LogP contribution in [0.3, 0.4) is 0 Å². The SMILES string of the molecule is CN(Cc1cn[nH]c1)C(=O)CCCc1ccc(Br)s1. The third-order valence-corrected chi connectivity index (χ3v) is 4.53. The molecule has 1 amide bonds. The Morgan fingerprint density at radius 1 is 1.53 bits per heavy atom. The zero-order chi connectivity index (χ0) is 13.7. The Morgan fingerprint density at radius 2 is 2.37 bits per heavy atom. The fourth-order valence-electron chi connectivity index (χ4n) is 1.82. The van der Waals surface area contributed by atoms with Crippen molar-refractivity contribution in [1.29, 1.82) is 0 Å². The van der Waals surface area contributed by atoms with Crippen LogP contribution in [0.15, 0.2) is 28.3 Å². The van der Waals surface area contributed by atoms with Crippen LogP contribution in [-0.4, -0.2) is 28.1 Å². The van der Waals surface area contributed by atoms with Crippen LogP contribution >= 0.6 is 27.3 Å². The molecule has 0 aromatic carbocycles. The number of thiophene rings is 1. The second-order valence-electron chi connectivity index (χ2n) is 4.42. The molecule has 2 rings (SSSR count).